The lowest BCUT2D eigenvalue weighted by Gasteiger charge is -2.17. The van der Waals surface area contributed by atoms with Crippen molar-refractivity contribution in [1.82, 2.24) is 4.90 Å². The van der Waals surface area contributed by atoms with Crippen LogP contribution in [0, 0.1) is 0 Å². The van der Waals surface area contributed by atoms with E-state index < -0.39 is 0 Å². The number of hydrogen-bond acceptors (Lipinski definition) is 3. The highest BCUT2D eigenvalue weighted by Crippen LogP contribution is 2.08. The molecule has 0 aliphatic carbocycles. The minimum absolute atomic E-state index is 0.106. The molecule has 64 valence electrons. The summed E-state index contributed by atoms with van der Waals surface area (Å²) in [5.74, 6) is 0.321. The van der Waals surface area contributed by atoms with E-state index in [-0.39, 0.29) is 6.10 Å². The van der Waals surface area contributed by atoms with E-state index >= 15 is 0 Å². The van der Waals surface area contributed by atoms with Crippen LogP contribution in [0.15, 0.2) is 0 Å². The quantitative estimate of drug-likeness (QED) is 0.548. The third-order valence-corrected chi connectivity index (χ3v) is 2.08. The van der Waals surface area contributed by atoms with Crippen LogP contribution in [-0.4, -0.2) is 44.0 Å². The third kappa shape index (κ3) is 2.60. The Balaban J connectivity index is 2.47. The number of Topliss-reactive ketones (excluding diaryl/α,β-unsaturated/α-hetero) is 1. The van der Waals surface area contributed by atoms with Gasteiger partial charge in [-0.1, -0.05) is 0 Å². The summed E-state index contributed by atoms with van der Waals surface area (Å²) < 4.78 is 5.15. The molecule has 0 spiro atoms. The molecule has 0 aromatic carbocycles. The van der Waals surface area contributed by atoms with Gasteiger partial charge in [-0.05, 0) is 7.05 Å². The lowest BCUT2D eigenvalue weighted by molar-refractivity contribution is -0.120. The van der Waals surface area contributed by atoms with Gasteiger partial charge in [0.2, 0.25) is 0 Å². The van der Waals surface area contributed by atoms with Gasteiger partial charge in [-0.25, -0.2) is 0 Å². The Labute approximate surface area is 67.3 Å². The van der Waals surface area contributed by atoms with E-state index in [2.05, 4.69) is 4.90 Å². The first-order chi connectivity index (χ1) is 5.22. The van der Waals surface area contributed by atoms with E-state index in [1.54, 1.807) is 7.11 Å². The summed E-state index contributed by atoms with van der Waals surface area (Å²) in [4.78, 5) is 13.2. The second kappa shape index (κ2) is 3.83. The molecule has 0 saturated carbocycles. The SMILES string of the molecule is COC1CC(=O)CCN(C)C1. The van der Waals surface area contributed by atoms with Crippen molar-refractivity contribution in [3.63, 3.8) is 0 Å². The zero-order chi connectivity index (χ0) is 8.27. The first-order valence-electron chi connectivity index (χ1n) is 3.95. The highest BCUT2D eigenvalue weighted by molar-refractivity contribution is 5.79. The summed E-state index contributed by atoms with van der Waals surface area (Å²) >= 11 is 0. The summed E-state index contributed by atoms with van der Waals surface area (Å²) in [6.07, 6.45) is 1.37. The maximum atomic E-state index is 11.1. The molecular formula is C8H15NO2. The fourth-order valence-corrected chi connectivity index (χ4v) is 1.33. The van der Waals surface area contributed by atoms with Crippen LogP contribution in [0.4, 0.5) is 0 Å². The van der Waals surface area contributed by atoms with Crippen LogP contribution < -0.4 is 0 Å². The van der Waals surface area contributed by atoms with Crippen molar-refractivity contribution in [3.05, 3.63) is 0 Å². The lowest BCUT2D eigenvalue weighted by atomic mass is 10.1. The Morgan fingerprint density at radius 3 is 3.00 bits per heavy atom. The average Bonchev–Trinajstić information content (AvgIpc) is 2.13. The fourth-order valence-electron chi connectivity index (χ4n) is 1.33. The zero-order valence-corrected chi connectivity index (χ0v) is 7.17. The smallest absolute Gasteiger partial charge is 0.136 e. The predicted molar refractivity (Wildman–Crippen MR) is 42.5 cm³/mol. The maximum absolute atomic E-state index is 11.1. The molecule has 1 aliphatic heterocycles. The highest BCUT2D eigenvalue weighted by atomic mass is 16.5. The summed E-state index contributed by atoms with van der Waals surface area (Å²) in [7, 11) is 3.68. The minimum Gasteiger partial charge on any atom is -0.380 e. The second-order valence-corrected chi connectivity index (χ2v) is 3.11. The van der Waals surface area contributed by atoms with Gasteiger partial charge in [0.15, 0.2) is 0 Å². The third-order valence-electron chi connectivity index (χ3n) is 2.08. The first kappa shape index (κ1) is 8.68. The van der Waals surface area contributed by atoms with Crippen molar-refractivity contribution in [1.29, 1.82) is 0 Å². The Hall–Kier alpha value is -0.410. The van der Waals surface area contributed by atoms with Crippen molar-refractivity contribution in [3.8, 4) is 0 Å². The number of likely N-dealkylation sites (tertiary alicyclic amines) is 1. The molecule has 0 radical (unpaired) electrons. The predicted octanol–water partition coefficient (Wildman–Crippen LogP) is 0.296. The Morgan fingerprint density at radius 1 is 1.64 bits per heavy atom. The number of ether oxygens (including phenoxy) is 1. The number of carbonyl (C=O) groups is 1. The van der Waals surface area contributed by atoms with Crippen LogP contribution in [0.2, 0.25) is 0 Å². The lowest BCUT2D eigenvalue weighted by Crippen LogP contribution is -2.28. The molecule has 0 N–H and O–H groups in total. The molecule has 1 rings (SSSR count). The summed E-state index contributed by atoms with van der Waals surface area (Å²) in [6.45, 7) is 1.75. The number of hydrogen-bond donors (Lipinski definition) is 0. The monoisotopic (exact) mass is 157 g/mol. The zero-order valence-electron chi connectivity index (χ0n) is 7.17. The van der Waals surface area contributed by atoms with Gasteiger partial charge in [-0.3, -0.25) is 4.79 Å². The van der Waals surface area contributed by atoms with Crippen LogP contribution >= 0.6 is 0 Å². The molecule has 1 unspecified atom stereocenters. The summed E-state index contributed by atoms with van der Waals surface area (Å²) in [5.41, 5.74) is 0. The Kier molecular flexibility index (Phi) is 3.02. The average molecular weight is 157 g/mol. The van der Waals surface area contributed by atoms with Crippen LogP contribution in [0.1, 0.15) is 12.8 Å². The highest BCUT2D eigenvalue weighted by Gasteiger charge is 2.19. The summed E-state index contributed by atoms with van der Waals surface area (Å²) in [6, 6.07) is 0. The van der Waals surface area contributed by atoms with E-state index in [9.17, 15) is 4.79 Å². The van der Waals surface area contributed by atoms with Gasteiger partial charge in [-0.2, -0.15) is 0 Å². The van der Waals surface area contributed by atoms with Gasteiger partial charge in [0, 0.05) is 33.0 Å². The number of carbonyl (C=O) groups excluding carboxylic acids is 1. The van der Waals surface area contributed by atoms with E-state index in [1.807, 2.05) is 7.05 Å². The summed E-state index contributed by atoms with van der Waals surface area (Å²) in [5, 5.41) is 0. The Morgan fingerprint density at radius 2 is 2.36 bits per heavy atom. The maximum Gasteiger partial charge on any atom is 0.136 e. The molecular weight excluding hydrogens is 142 g/mol. The number of likely N-dealkylation sites (N-methyl/N-ethyl adjacent to an activating group) is 1. The standard InChI is InChI=1S/C8H15NO2/c1-9-4-3-7(10)5-8(6-9)11-2/h8H,3-6H2,1-2H3. The first-order valence-corrected chi connectivity index (χ1v) is 3.95. The van der Waals surface area contributed by atoms with E-state index in [4.69, 9.17) is 4.74 Å². The number of methoxy groups -OCH3 is 1. The van der Waals surface area contributed by atoms with Gasteiger partial charge in [0.25, 0.3) is 0 Å². The molecule has 1 atom stereocenters. The molecule has 0 aromatic heterocycles. The molecule has 1 fully saturated rings. The topological polar surface area (TPSA) is 29.5 Å². The van der Waals surface area contributed by atoms with Crippen molar-refractivity contribution >= 4 is 5.78 Å². The van der Waals surface area contributed by atoms with Crippen LogP contribution in [0.3, 0.4) is 0 Å². The van der Waals surface area contributed by atoms with Crippen molar-refractivity contribution in [2.75, 3.05) is 27.2 Å². The van der Waals surface area contributed by atoms with Crippen LogP contribution in [0.25, 0.3) is 0 Å². The van der Waals surface area contributed by atoms with Crippen molar-refractivity contribution < 1.29 is 9.53 Å². The number of ketones is 1. The molecule has 11 heavy (non-hydrogen) atoms. The molecule has 1 saturated heterocycles. The van der Waals surface area contributed by atoms with Gasteiger partial charge >= 0.3 is 0 Å². The molecule has 0 bridgehead atoms. The van der Waals surface area contributed by atoms with Gasteiger partial charge in [0.05, 0.1) is 6.10 Å². The van der Waals surface area contributed by atoms with Crippen LogP contribution in [-0.2, 0) is 9.53 Å². The molecule has 1 aliphatic rings. The molecule has 0 amide bonds. The molecule has 0 aromatic rings. The van der Waals surface area contributed by atoms with E-state index in [0.29, 0.717) is 18.6 Å². The number of nitrogens with zero attached hydrogens (tertiary/aromatic N) is 1. The van der Waals surface area contributed by atoms with Gasteiger partial charge < -0.3 is 9.64 Å². The van der Waals surface area contributed by atoms with Crippen molar-refractivity contribution in [2.45, 2.75) is 18.9 Å². The normalized spacial score (nSPS) is 28.5. The van der Waals surface area contributed by atoms with Crippen LogP contribution in [0.5, 0.6) is 0 Å². The molecule has 3 heteroatoms. The van der Waals surface area contributed by atoms with Gasteiger partial charge in [0.1, 0.15) is 5.78 Å². The van der Waals surface area contributed by atoms with E-state index in [1.165, 1.54) is 0 Å². The van der Waals surface area contributed by atoms with E-state index in [0.717, 1.165) is 13.1 Å². The largest absolute Gasteiger partial charge is 0.380 e. The second-order valence-electron chi connectivity index (χ2n) is 3.11. The Bertz CT molecular complexity index is 147. The number of rotatable bonds is 1. The molecule has 3 nitrogen and oxygen atoms in total. The minimum atomic E-state index is 0.106. The molecule has 1 heterocycles. The van der Waals surface area contributed by atoms with Crippen molar-refractivity contribution in [2.24, 2.45) is 0 Å². The fraction of sp³-hybridized carbons (Fsp3) is 0.875. The van der Waals surface area contributed by atoms with Gasteiger partial charge in [-0.15, -0.1) is 0 Å².